The second kappa shape index (κ2) is 9.27. The van der Waals surface area contributed by atoms with Crippen LogP contribution in [0.25, 0.3) is 10.9 Å². The Morgan fingerprint density at radius 3 is 2.70 bits per heavy atom. The second-order valence-electron chi connectivity index (χ2n) is 6.33. The number of benzene rings is 1. The van der Waals surface area contributed by atoms with Gasteiger partial charge in [-0.2, -0.15) is 0 Å². The topological polar surface area (TPSA) is 96.2 Å². The van der Waals surface area contributed by atoms with Gasteiger partial charge in [-0.3, -0.25) is 9.59 Å². The molecular weight excluding hydrogens is 354 g/mol. The minimum Gasteiger partial charge on any atom is -0.508 e. The molecule has 1 N–H and O–H groups in total. The molecule has 27 heavy (non-hydrogen) atoms. The molecule has 1 aliphatic heterocycles. The van der Waals surface area contributed by atoms with Crippen molar-refractivity contribution in [1.82, 2.24) is 4.57 Å². The summed E-state index contributed by atoms with van der Waals surface area (Å²) in [6.45, 7) is 3.71. The molecule has 0 saturated carbocycles. The summed E-state index contributed by atoms with van der Waals surface area (Å²) in [5.41, 5.74) is 0.957. The Morgan fingerprint density at radius 2 is 2.07 bits per heavy atom. The van der Waals surface area contributed by atoms with Gasteiger partial charge < -0.3 is 28.6 Å². The quantitative estimate of drug-likeness (QED) is 0.644. The maximum absolute atomic E-state index is 11.2. The Kier molecular flexibility index (Phi) is 7.06. The first-order valence-electron chi connectivity index (χ1n) is 8.57. The Labute approximate surface area is 157 Å². The molecule has 2 heterocycles. The van der Waals surface area contributed by atoms with Gasteiger partial charge >= 0.3 is 5.97 Å². The number of aromatic nitrogens is 1. The summed E-state index contributed by atoms with van der Waals surface area (Å²) in [4.78, 5) is 20.1. The third-order valence-corrected chi connectivity index (χ3v) is 4.06. The highest BCUT2D eigenvalue weighted by Gasteiger charge is 2.31. The molecule has 3 atom stereocenters. The molecule has 1 aliphatic rings. The van der Waals surface area contributed by atoms with Crippen LogP contribution in [0.4, 0.5) is 0 Å². The fourth-order valence-electron chi connectivity index (χ4n) is 3.04. The van der Waals surface area contributed by atoms with Gasteiger partial charge in [0.05, 0.1) is 18.7 Å². The first-order chi connectivity index (χ1) is 12.8. The third kappa shape index (κ3) is 5.62. The summed E-state index contributed by atoms with van der Waals surface area (Å²) in [5.74, 6) is 0.529. The van der Waals surface area contributed by atoms with E-state index >= 15 is 0 Å². The lowest BCUT2D eigenvalue weighted by molar-refractivity contribution is -0.185. The number of hydrogen-bond donors (Lipinski definition) is 1. The van der Waals surface area contributed by atoms with Gasteiger partial charge in [0, 0.05) is 38.4 Å². The van der Waals surface area contributed by atoms with Crippen LogP contribution in [0.15, 0.2) is 24.4 Å². The molecular formula is C19H25NO7. The lowest BCUT2D eigenvalue weighted by Gasteiger charge is -2.33. The predicted octanol–water partition coefficient (Wildman–Crippen LogP) is 2.51. The Morgan fingerprint density at radius 1 is 1.37 bits per heavy atom. The van der Waals surface area contributed by atoms with E-state index in [1.54, 1.807) is 12.1 Å². The average molecular weight is 379 g/mol. The van der Waals surface area contributed by atoms with Gasteiger partial charge in [0.25, 0.3) is 6.47 Å². The van der Waals surface area contributed by atoms with Crippen LogP contribution in [0.3, 0.4) is 0 Å². The van der Waals surface area contributed by atoms with E-state index in [-0.39, 0.29) is 23.9 Å². The highest BCUT2D eigenvalue weighted by molar-refractivity contribution is 5.88. The summed E-state index contributed by atoms with van der Waals surface area (Å²) in [6.07, 6.45) is 2.25. The van der Waals surface area contributed by atoms with Gasteiger partial charge in [-0.1, -0.05) is 0 Å². The highest BCUT2D eigenvalue weighted by atomic mass is 16.7. The minimum atomic E-state index is -0.490. The highest BCUT2D eigenvalue weighted by Crippen LogP contribution is 2.33. The smallest absolute Gasteiger partial charge is 0.302 e. The summed E-state index contributed by atoms with van der Waals surface area (Å²) in [5, 5.41) is 10.5. The first-order valence-corrected chi connectivity index (χ1v) is 8.57. The van der Waals surface area contributed by atoms with Crippen LogP contribution in [0, 0.1) is 0 Å². The molecule has 8 nitrogen and oxygen atoms in total. The van der Waals surface area contributed by atoms with E-state index in [1.807, 2.05) is 30.8 Å². The molecule has 0 amide bonds. The van der Waals surface area contributed by atoms with Gasteiger partial charge in [-0.25, -0.2) is 0 Å². The second-order valence-corrected chi connectivity index (χ2v) is 6.33. The minimum absolute atomic E-state index is 0.0542. The van der Waals surface area contributed by atoms with E-state index in [0.29, 0.717) is 25.1 Å². The van der Waals surface area contributed by atoms with Gasteiger partial charge in [-0.05, 0) is 25.1 Å². The summed E-state index contributed by atoms with van der Waals surface area (Å²) < 4.78 is 22.9. The number of phenolic OH excluding ortho intramolecular Hbond substituents is 1. The number of ether oxygens (including phenoxy) is 4. The molecule has 148 valence electrons. The Hall–Kier alpha value is -2.74. The number of methoxy groups -OCH3 is 1. The molecule has 0 spiro atoms. The van der Waals surface area contributed by atoms with Crippen LogP contribution in [0.5, 0.6) is 11.5 Å². The third-order valence-electron chi connectivity index (χ3n) is 4.06. The number of aryl methyl sites for hydroxylation is 1. The largest absolute Gasteiger partial charge is 0.508 e. The fourth-order valence-corrected chi connectivity index (χ4v) is 3.04. The Bertz CT molecular complexity index is 786. The van der Waals surface area contributed by atoms with E-state index in [1.165, 1.54) is 14.0 Å². The van der Waals surface area contributed by atoms with Crippen molar-refractivity contribution in [2.45, 2.75) is 45.2 Å². The molecule has 1 aromatic carbocycles. The monoisotopic (exact) mass is 379 g/mol. The van der Waals surface area contributed by atoms with E-state index in [9.17, 15) is 9.90 Å². The van der Waals surface area contributed by atoms with Crippen molar-refractivity contribution in [3.63, 3.8) is 0 Å². The van der Waals surface area contributed by atoms with E-state index in [2.05, 4.69) is 4.74 Å². The summed E-state index contributed by atoms with van der Waals surface area (Å²) in [6, 6.07) is 5.14. The number of carbonyl (C=O) groups is 2. The lowest BCUT2D eigenvalue weighted by Crippen LogP contribution is -2.39. The summed E-state index contributed by atoms with van der Waals surface area (Å²) >= 11 is 0. The van der Waals surface area contributed by atoms with Gasteiger partial charge in [-0.15, -0.1) is 0 Å². The maximum Gasteiger partial charge on any atom is 0.302 e. The molecule has 0 bridgehead atoms. The first kappa shape index (κ1) is 20.6. The molecule has 0 aliphatic carbocycles. The van der Waals surface area contributed by atoms with Crippen LogP contribution in [-0.2, 0) is 30.8 Å². The predicted molar refractivity (Wildman–Crippen MR) is 97.4 cm³/mol. The molecule has 1 fully saturated rings. The standard InChI is InChI=1S/C17H21NO5.C2H4O2/c1-10-6-13(22-11(2)19)8-17(21-10)23-16-9-18(3)15-5-4-12(20)7-14(15)16;1-4-2-3/h4-5,7,9-10,13,17,20H,6,8H2,1-3H3;2H,1H3. The molecule has 1 aromatic heterocycles. The maximum atomic E-state index is 11.2. The van der Waals surface area contributed by atoms with Crippen molar-refractivity contribution in [3.05, 3.63) is 24.4 Å². The van der Waals surface area contributed by atoms with E-state index in [4.69, 9.17) is 19.0 Å². The van der Waals surface area contributed by atoms with Crippen LogP contribution >= 0.6 is 0 Å². The Balaban J connectivity index is 0.000000596. The summed E-state index contributed by atoms with van der Waals surface area (Å²) in [7, 11) is 3.23. The molecule has 3 unspecified atom stereocenters. The fraction of sp³-hybridized carbons (Fsp3) is 0.474. The lowest BCUT2D eigenvalue weighted by atomic mass is 10.1. The number of nitrogens with zero attached hydrogens (tertiary/aromatic N) is 1. The normalized spacial score (nSPS) is 21.7. The zero-order chi connectivity index (χ0) is 20.0. The van der Waals surface area contributed by atoms with Crippen molar-refractivity contribution in [3.8, 4) is 11.5 Å². The van der Waals surface area contributed by atoms with Crippen LogP contribution in [0.2, 0.25) is 0 Å². The molecule has 0 radical (unpaired) electrons. The van der Waals surface area contributed by atoms with E-state index in [0.717, 1.165) is 10.9 Å². The van der Waals surface area contributed by atoms with Gasteiger partial charge in [0.1, 0.15) is 17.6 Å². The number of esters is 1. The number of fused-ring (bicyclic) bond motifs is 1. The zero-order valence-electron chi connectivity index (χ0n) is 15.9. The molecule has 3 rings (SSSR count). The van der Waals surface area contributed by atoms with Crippen molar-refractivity contribution >= 4 is 23.3 Å². The average Bonchev–Trinajstić information content (AvgIpc) is 2.89. The zero-order valence-corrected chi connectivity index (χ0v) is 15.9. The SMILES string of the molecule is CC(=O)OC1CC(C)OC(Oc2cn(C)c3ccc(O)cc23)C1.COC=O. The number of carbonyl (C=O) groups excluding carboxylic acids is 2. The van der Waals surface area contributed by atoms with Crippen molar-refractivity contribution in [1.29, 1.82) is 0 Å². The van der Waals surface area contributed by atoms with Crippen molar-refractivity contribution < 1.29 is 33.6 Å². The number of phenols is 1. The molecule has 8 heteroatoms. The van der Waals surface area contributed by atoms with Crippen LogP contribution < -0.4 is 4.74 Å². The van der Waals surface area contributed by atoms with Gasteiger partial charge in [0.2, 0.25) is 6.29 Å². The molecule has 1 saturated heterocycles. The number of aromatic hydroxyl groups is 1. The number of hydrogen-bond acceptors (Lipinski definition) is 7. The van der Waals surface area contributed by atoms with Crippen LogP contribution in [0.1, 0.15) is 26.7 Å². The van der Waals surface area contributed by atoms with Crippen molar-refractivity contribution in [2.24, 2.45) is 7.05 Å². The number of rotatable bonds is 4. The van der Waals surface area contributed by atoms with Gasteiger partial charge in [0.15, 0.2) is 0 Å². The van der Waals surface area contributed by atoms with Crippen LogP contribution in [-0.4, -0.2) is 47.7 Å². The molecule has 2 aromatic rings. The van der Waals surface area contributed by atoms with Crippen molar-refractivity contribution in [2.75, 3.05) is 7.11 Å². The van der Waals surface area contributed by atoms with E-state index < -0.39 is 6.29 Å².